The molecule has 2 unspecified atom stereocenters. The normalized spacial score (nSPS) is 30.5. The summed E-state index contributed by atoms with van der Waals surface area (Å²) in [6, 6.07) is 0. The van der Waals surface area contributed by atoms with Gasteiger partial charge in [-0.15, -0.1) is 11.6 Å². The second-order valence-corrected chi connectivity index (χ2v) is 3.92. The summed E-state index contributed by atoms with van der Waals surface area (Å²) in [7, 11) is 0. The molecule has 1 aliphatic heterocycles. The zero-order valence-corrected chi connectivity index (χ0v) is 8.65. The molecule has 0 radical (unpaired) electrons. The van der Waals surface area contributed by atoms with E-state index in [1.807, 2.05) is 0 Å². The molecule has 0 amide bonds. The summed E-state index contributed by atoms with van der Waals surface area (Å²) in [5.74, 6) is 1.39. The van der Waals surface area contributed by atoms with Gasteiger partial charge in [-0.1, -0.05) is 19.8 Å². The summed E-state index contributed by atoms with van der Waals surface area (Å²) in [6.07, 6.45) is 6.65. The van der Waals surface area contributed by atoms with Crippen molar-refractivity contribution in [2.24, 2.45) is 5.92 Å². The van der Waals surface area contributed by atoms with Gasteiger partial charge >= 0.3 is 0 Å². The molecular weight excluding hydrogens is 172 g/mol. The molecule has 1 heterocycles. The van der Waals surface area contributed by atoms with E-state index in [0.717, 1.165) is 12.5 Å². The van der Waals surface area contributed by atoms with Gasteiger partial charge in [0.15, 0.2) is 0 Å². The number of hydrogen-bond donors (Lipinski definition) is 0. The van der Waals surface area contributed by atoms with Crippen molar-refractivity contribution in [1.82, 2.24) is 0 Å². The first-order valence-electron chi connectivity index (χ1n) is 5.06. The molecular formula is C10H19ClO. The average molecular weight is 191 g/mol. The van der Waals surface area contributed by atoms with Crippen molar-refractivity contribution in [1.29, 1.82) is 0 Å². The van der Waals surface area contributed by atoms with Crippen molar-refractivity contribution < 1.29 is 4.74 Å². The van der Waals surface area contributed by atoms with E-state index in [1.165, 1.54) is 32.1 Å². The van der Waals surface area contributed by atoms with Crippen LogP contribution in [0, 0.1) is 5.92 Å². The monoisotopic (exact) mass is 190 g/mol. The molecule has 1 fully saturated rings. The molecule has 0 spiro atoms. The van der Waals surface area contributed by atoms with Crippen LogP contribution in [0.25, 0.3) is 0 Å². The van der Waals surface area contributed by atoms with Crippen molar-refractivity contribution in [3.05, 3.63) is 0 Å². The molecule has 0 aromatic rings. The fraction of sp³-hybridized carbons (Fsp3) is 1.00. The number of hydrogen-bond acceptors (Lipinski definition) is 1. The summed E-state index contributed by atoms with van der Waals surface area (Å²) in [5.41, 5.74) is 0. The van der Waals surface area contributed by atoms with Crippen LogP contribution in [0.15, 0.2) is 0 Å². The Labute approximate surface area is 80.4 Å². The lowest BCUT2D eigenvalue weighted by Gasteiger charge is -2.30. The van der Waals surface area contributed by atoms with E-state index in [9.17, 15) is 0 Å². The lowest BCUT2D eigenvalue weighted by atomic mass is 9.93. The SMILES string of the molecule is CCCCC1OCCCC1CCl. The maximum Gasteiger partial charge on any atom is 0.0614 e. The first-order chi connectivity index (χ1) is 5.88. The number of halogens is 1. The highest BCUT2D eigenvalue weighted by atomic mass is 35.5. The minimum atomic E-state index is 0.455. The van der Waals surface area contributed by atoms with Crippen molar-refractivity contribution in [3.8, 4) is 0 Å². The molecule has 0 N–H and O–H groups in total. The van der Waals surface area contributed by atoms with Crippen molar-refractivity contribution in [2.75, 3.05) is 12.5 Å². The number of unbranched alkanes of at least 4 members (excludes halogenated alkanes) is 1. The third-order valence-corrected chi connectivity index (χ3v) is 3.01. The second-order valence-electron chi connectivity index (χ2n) is 3.61. The van der Waals surface area contributed by atoms with Crippen LogP contribution in [0.5, 0.6) is 0 Å². The smallest absolute Gasteiger partial charge is 0.0614 e. The Balaban J connectivity index is 2.26. The van der Waals surface area contributed by atoms with Crippen LogP contribution in [0.2, 0.25) is 0 Å². The highest BCUT2D eigenvalue weighted by Crippen LogP contribution is 2.25. The molecule has 2 atom stereocenters. The molecule has 0 saturated carbocycles. The van der Waals surface area contributed by atoms with E-state index in [2.05, 4.69) is 6.92 Å². The van der Waals surface area contributed by atoms with Crippen LogP contribution in [-0.4, -0.2) is 18.6 Å². The van der Waals surface area contributed by atoms with Gasteiger partial charge in [0, 0.05) is 12.5 Å². The number of rotatable bonds is 4. The molecule has 1 saturated heterocycles. The van der Waals surface area contributed by atoms with Crippen LogP contribution in [-0.2, 0) is 4.74 Å². The van der Waals surface area contributed by atoms with Crippen LogP contribution in [0.1, 0.15) is 39.0 Å². The van der Waals surface area contributed by atoms with Gasteiger partial charge in [0.1, 0.15) is 0 Å². The first kappa shape index (κ1) is 10.3. The molecule has 0 aliphatic carbocycles. The fourth-order valence-electron chi connectivity index (χ4n) is 1.80. The molecule has 1 nitrogen and oxygen atoms in total. The first-order valence-corrected chi connectivity index (χ1v) is 5.59. The Bertz CT molecular complexity index is 116. The minimum Gasteiger partial charge on any atom is -0.378 e. The van der Waals surface area contributed by atoms with E-state index in [4.69, 9.17) is 16.3 Å². The Morgan fingerprint density at radius 2 is 2.33 bits per heavy atom. The molecule has 0 aromatic carbocycles. The number of alkyl halides is 1. The van der Waals surface area contributed by atoms with Gasteiger partial charge in [0.2, 0.25) is 0 Å². The Kier molecular flexibility index (Phi) is 5.01. The van der Waals surface area contributed by atoms with Crippen molar-refractivity contribution in [2.45, 2.75) is 45.1 Å². The van der Waals surface area contributed by atoms with Gasteiger partial charge in [0.05, 0.1) is 6.10 Å². The van der Waals surface area contributed by atoms with Gasteiger partial charge in [-0.2, -0.15) is 0 Å². The average Bonchev–Trinajstić information content (AvgIpc) is 2.15. The van der Waals surface area contributed by atoms with Crippen LogP contribution in [0.4, 0.5) is 0 Å². The largest absolute Gasteiger partial charge is 0.378 e. The molecule has 0 bridgehead atoms. The van der Waals surface area contributed by atoms with E-state index in [1.54, 1.807) is 0 Å². The maximum atomic E-state index is 5.87. The zero-order chi connectivity index (χ0) is 8.81. The number of ether oxygens (including phenoxy) is 1. The molecule has 1 aliphatic rings. The predicted molar refractivity (Wildman–Crippen MR) is 52.7 cm³/mol. The molecule has 12 heavy (non-hydrogen) atoms. The molecule has 0 aromatic heterocycles. The highest BCUT2D eigenvalue weighted by Gasteiger charge is 2.24. The van der Waals surface area contributed by atoms with E-state index >= 15 is 0 Å². The summed E-state index contributed by atoms with van der Waals surface area (Å²) < 4.78 is 5.70. The van der Waals surface area contributed by atoms with E-state index in [-0.39, 0.29) is 0 Å². The van der Waals surface area contributed by atoms with Crippen LogP contribution in [0.3, 0.4) is 0 Å². The summed E-state index contributed by atoms with van der Waals surface area (Å²) >= 11 is 5.87. The lowest BCUT2D eigenvalue weighted by Crippen LogP contribution is -2.30. The van der Waals surface area contributed by atoms with Gasteiger partial charge in [-0.05, 0) is 25.2 Å². The quantitative estimate of drug-likeness (QED) is 0.619. The highest BCUT2D eigenvalue weighted by molar-refractivity contribution is 6.18. The maximum absolute atomic E-state index is 5.87. The van der Waals surface area contributed by atoms with Gasteiger partial charge in [-0.25, -0.2) is 0 Å². The Morgan fingerprint density at radius 3 is 3.00 bits per heavy atom. The van der Waals surface area contributed by atoms with Crippen molar-refractivity contribution >= 4 is 11.6 Å². The predicted octanol–water partition coefficient (Wildman–Crippen LogP) is 3.21. The van der Waals surface area contributed by atoms with Gasteiger partial charge in [0.25, 0.3) is 0 Å². The lowest BCUT2D eigenvalue weighted by molar-refractivity contribution is -0.0244. The zero-order valence-electron chi connectivity index (χ0n) is 7.89. The van der Waals surface area contributed by atoms with Crippen molar-refractivity contribution in [3.63, 3.8) is 0 Å². The summed E-state index contributed by atoms with van der Waals surface area (Å²) in [6.45, 7) is 3.17. The van der Waals surface area contributed by atoms with Crippen LogP contribution >= 0.6 is 11.6 Å². The van der Waals surface area contributed by atoms with Gasteiger partial charge in [-0.3, -0.25) is 0 Å². The Hall–Kier alpha value is 0.250. The third kappa shape index (κ3) is 2.95. The third-order valence-electron chi connectivity index (χ3n) is 2.62. The molecule has 2 heteroatoms. The second kappa shape index (κ2) is 5.82. The molecule has 1 rings (SSSR count). The van der Waals surface area contributed by atoms with E-state index in [0.29, 0.717) is 12.0 Å². The standard InChI is InChI=1S/C10H19ClO/c1-2-3-6-10-9(8-11)5-4-7-12-10/h9-10H,2-8H2,1H3. The van der Waals surface area contributed by atoms with E-state index < -0.39 is 0 Å². The van der Waals surface area contributed by atoms with Crippen LogP contribution < -0.4 is 0 Å². The minimum absolute atomic E-state index is 0.455. The van der Waals surface area contributed by atoms with Gasteiger partial charge < -0.3 is 4.74 Å². The fourth-order valence-corrected chi connectivity index (χ4v) is 2.16. The summed E-state index contributed by atoms with van der Waals surface area (Å²) in [5, 5.41) is 0. The topological polar surface area (TPSA) is 9.23 Å². The summed E-state index contributed by atoms with van der Waals surface area (Å²) in [4.78, 5) is 0. The Morgan fingerprint density at radius 1 is 1.50 bits per heavy atom. The molecule has 72 valence electrons.